The molecular weight excluding hydrogens is 172 g/mol. The Hall–Kier alpha value is -0.960. The standard InChI is InChI=1S/C10H13F2N/c1-7(13)8-4-3-5-9(6-8)10(2,11)12/h3-7H,13H2,1-2H3/t7-/m1/s1. The third-order valence-corrected chi connectivity index (χ3v) is 1.92. The lowest BCUT2D eigenvalue weighted by Crippen LogP contribution is -2.10. The minimum Gasteiger partial charge on any atom is -0.324 e. The SMILES string of the molecule is C[C@@H](N)c1cccc(C(C)(F)F)c1. The molecule has 1 atom stereocenters. The average Bonchev–Trinajstić information content (AvgIpc) is 2.03. The van der Waals surface area contributed by atoms with Gasteiger partial charge in [0.1, 0.15) is 0 Å². The Morgan fingerprint density at radius 1 is 1.38 bits per heavy atom. The Balaban J connectivity index is 3.06. The van der Waals surface area contributed by atoms with Gasteiger partial charge in [-0.1, -0.05) is 18.2 Å². The van der Waals surface area contributed by atoms with E-state index in [0.717, 1.165) is 12.5 Å². The minimum atomic E-state index is -2.79. The van der Waals surface area contributed by atoms with Gasteiger partial charge in [-0.3, -0.25) is 0 Å². The van der Waals surface area contributed by atoms with Crippen molar-refractivity contribution in [3.8, 4) is 0 Å². The van der Waals surface area contributed by atoms with E-state index in [9.17, 15) is 8.78 Å². The first-order valence-electron chi connectivity index (χ1n) is 4.15. The monoisotopic (exact) mass is 185 g/mol. The van der Waals surface area contributed by atoms with E-state index in [4.69, 9.17) is 5.73 Å². The van der Waals surface area contributed by atoms with Crippen LogP contribution in [0.5, 0.6) is 0 Å². The van der Waals surface area contributed by atoms with Crippen molar-refractivity contribution in [2.24, 2.45) is 5.73 Å². The molecule has 0 bridgehead atoms. The zero-order valence-corrected chi connectivity index (χ0v) is 7.72. The van der Waals surface area contributed by atoms with Gasteiger partial charge in [0.2, 0.25) is 0 Å². The van der Waals surface area contributed by atoms with Crippen molar-refractivity contribution >= 4 is 0 Å². The topological polar surface area (TPSA) is 26.0 Å². The molecule has 0 aliphatic carbocycles. The molecule has 0 amide bonds. The largest absolute Gasteiger partial charge is 0.324 e. The molecule has 0 fully saturated rings. The maximum atomic E-state index is 12.9. The van der Waals surface area contributed by atoms with E-state index in [1.807, 2.05) is 0 Å². The fourth-order valence-corrected chi connectivity index (χ4v) is 1.09. The van der Waals surface area contributed by atoms with E-state index in [2.05, 4.69) is 0 Å². The normalized spacial score (nSPS) is 14.2. The first-order chi connectivity index (χ1) is 5.91. The van der Waals surface area contributed by atoms with E-state index in [1.54, 1.807) is 19.1 Å². The van der Waals surface area contributed by atoms with Crippen LogP contribution in [0.2, 0.25) is 0 Å². The molecule has 1 rings (SSSR count). The summed E-state index contributed by atoms with van der Waals surface area (Å²) in [5, 5.41) is 0. The van der Waals surface area contributed by atoms with Crippen molar-refractivity contribution < 1.29 is 8.78 Å². The molecule has 0 radical (unpaired) electrons. The van der Waals surface area contributed by atoms with Crippen molar-refractivity contribution in [2.75, 3.05) is 0 Å². The molecule has 2 N–H and O–H groups in total. The van der Waals surface area contributed by atoms with Crippen molar-refractivity contribution in [2.45, 2.75) is 25.8 Å². The van der Waals surface area contributed by atoms with Gasteiger partial charge in [-0.2, -0.15) is 0 Å². The highest BCUT2D eigenvalue weighted by Crippen LogP contribution is 2.28. The molecule has 0 aliphatic rings. The number of halogens is 2. The predicted molar refractivity (Wildman–Crippen MR) is 48.6 cm³/mol. The second-order valence-corrected chi connectivity index (χ2v) is 3.30. The molecule has 0 aromatic heterocycles. The van der Waals surface area contributed by atoms with Gasteiger partial charge in [0.15, 0.2) is 0 Å². The molecule has 0 aliphatic heterocycles. The highest BCUT2D eigenvalue weighted by Gasteiger charge is 2.24. The minimum absolute atomic E-state index is 0.0160. The number of alkyl halides is 2. The number of hydrogen-bond donors (Lipinski definition) is 1. The Morgan fingerprint density at radius 3 is 2.46 bits per heavy atom. The van der Waals surface area contributed by atoms with Crippen LogP contribution in [0.15, 0.2) is 24.3 Å². The summed E-state index contributed by atoms with van der Waals surface area (Å²) in [7, 11) is 0. The number of rotatable bonds is 2. The summed E-state index contributed by atoms with van der Waals surface area (Å²) in [6, 6.07) is 6.00. The van der Waals surface area contributed by atoms with Gasteiger partial charge in [-0.05, 0) is 18.6 Å². The molecule has 0 spiro atoms. The van der Waals surface area contributed by atoms with E-state index >= 15 is 0 Å². The number of nitrogens with two attached hydrogens (primary N) is 1. The van der Waals surface area contributed by atoms with Crippen LogP contribution in [0.3, 0.4) is 0 Å². The van der Waals surface area contributed by atoms with Crippen LogP contribution < -0.4 is 5.73 Å². The van der Waals surface area contributed by atoms with Crippen LogP contribution in [0.25, 0.3) is 0 Å². The molecule has 0 heterocycles. The predicted octanol–water partition coefficient (Wildman–Crippen LogP) is 2.82. The molecule has 3 heteroatoms. The summed E-state index contributed by atoms with van der Waals surface area (Å²) in [5.74, 6) is -2.79. The van der Waals surface area contributed by atoms with E-state index in [-0.39, 0.29) is 11.6 Å². The third kappa shape index (κ3) is 2.49. The van der Waals surface area contributed by atoms with Gasteiger partial charge >= 0.3 is 0 Å². The molecule has 1 aromatic rings. The van der Waals surface area contributed by atoms with Crippen molar-refractivity contribution in [3.05, 3.63) is 35.4 Å². The Morgan fingerprint density at radius 2 is 2.00 bits per heavy atom. The smallest absolute Gasteiger partial charge is 0.270 e. The van der Waals surface area contributed by atoms with E-state index in [1.165, 1.54) is 12.1 Å². The number of benzene rings is 1. The fourth-order valence-electron chi connectivity index (χ4n) is 1.09. The quantitative estimate of drug-likeness (QED) is 0.753. The van der Waals surface area contributed by atoms with Crippen LogP contribution >= 0.6 is 0 Å². The second-order valence-electron chi connectivity index (χ2n) is 3.30. The maximum absolute atomic E-state index is 12.9. The van der Waals surface area contributed by atoms with Gasteiger partial charge in [-0.25, -0.2) is 8.78 Å². The summed E-state index contributed by atoms with van der Waals surface area (Å²) < 4.78 is 25.7. The van der Waals surface area contributed by atoms with Crippen molar-refractivity contribution in [1.29, 1.82) is 0 Å². The van der Waals surface area contributed by atoms with E-state index < -0.39 is 5.92 Å². The van der Waals surface area contributed by atoms with Crippen LogP contribution in [0.1, 0.15) is 31.0 Å². The zero-order valence-electron chi connectivity index (χ0n) is 7.72. The molecule has 1 aromatic carbocycles. The summed E-state index contributed by atoms with van der Waals surface area (Å²) in [6.45, 7) is 2.65. The molecule has 0 saturated heterocycles. The van der Waals surface area contributed by atoms with Gasteiger partial charge in [0.25, 0.3) is 5.92 Å². The molecule has 13 heavy (non-hydrogen) atoms. The first-order valence-corrected chi connectivity index (χ1v) is 4.15. The van der Waals surface area contributed by atoms with Gasteiger partial charge < -0.3 is 5.73 Å². The maximum Gasteiger partial charge on any atom is 0.270 e. The van der Waals surface area contributed by atoms with Crippen LogP contribution in [-0.4, -0.2) is 0 Å². The summed E-state index contributed by atoms with van der Waals surface area (Å²) in [6.07, 6.45) is 0. The molecule has 1 nitrogen and oxygen atoms in total. The number of hydrogen-bond acceptors (Lipinski definition) is 1. The summed E-state index contributed by atoms with van der Waals surface area (Å²) >= 11 is 0. The molecule has 0 unspecified atom stereocenters. The summed E-state index contributed by atoms with van der Waals surface area (Å²) in [4.78, 5) is 0. The average molecular weight is 185 g/mol. The molecule has 72 valence electrons. The highest BCUT2D eigenvalue weighted by atomic mass is 19.3. The lowest BCUT2D eigenvalue weighted by Gasteiger charge is -2.13. The Labute approximate surface area is 76.6 Å². The summed E-state index contributed by atoms with van der Waals surface area (Å²) in [5.41, 5.74) is 6.33. The lowest BCUT2D eigenvalue weighted by molar-refractivity contribution is 0.0174. The van der Waals surface area contributed by atoms with Crippen LogP contribution in [0, 0.1) is 0 Å². The highest BCUT2D eigenvalue weighted by molar-refractivity contribution is 5.28. The fraction of sp³-hybridized carbons (Fsp3) is 0.400. The van der Waals surface area contributed by atoms with Crippen LogP contribution in [-0.2, 0) is 5.92 Å². The lowest BCUT2D eigenvalue weighted by atomic mass is 10.0. The van der Waals surface area contributed by atoms with E-state index in [0.29, 0.717) is 0 Å². The van der Waals surface area contributed by atoms with Crippen LogP contribution in [0.4, 0.5) is 8.78 Å². The molecular formula is C10H13F2N. The van der Waals surface area contributed by atoms with Gasteiger partial charge in [0, 0.05) is 18.5 Å². The third-order valence-electron chi connectivity index (χ3n) is 1.92. The van der Waals surface area contributed by atoms with Gasteiger partial charge in [0.05, 0.1) is 0 Å². The second kappa shape index (κ2) is 3.42. The van der Waals surface area contributed by atoms with Crippen molar-refractivity contribution in [1.82, 2.24) is 0 Å². The molecule has 0 saturated carbocycles. The Bertz CT molecular complexity index is 289. The first kappa shape index (κ1) is 10.1. The Kier molecular flexibility index (Phi) is 2.66. The van der Waals surface area contributed by atoms with Gasteiger partial charge in [-0.15, -0.1) is 0 Å². The zero-order chi connectivity index (χ0) is 10.1. The van der Waals surface area contributed by atoms with Crippen molar-refractivity contribution in [3.63, 3.8) is 0 Å².